The Morgan fingerprint density at radius 2 is 2.11 bits per heavy atom. The van der Waals surface area contributed by atoms with Gasteiger partial charge in [0.05, 0.1) is 12.3 Å². The first-order valence-corrected chi connectivity index (χ1v) is 8.60. The number of pyridine rings is 1. The second-order valence-corrected chi connectivity index (χ2v) is 5.95. The lowest BCUT2D eigenvalue weighted by atomic mass is 10.1. The zero-order valence-corrected chi connectivity index (χ0v) is 15.5. The van der Waals surface area contributed by atoms with E-state index < -0.39 is 5.97 Å². The molecular weight excluding hydrogens is 372 g/mol. The number of aryl methyl sites for hydroxylation is 1. The molecule has 0 atom stereocenters. The van der Waals surface area contributed by atoms with E-state index in [2.05, 4.69) is 10.3 Å². The first-order chi connectivity index (χ1) is 13.0. The summed E-state index contributed by atoms with van der Waals surface area (Å²) in [6, 6.07) is 8.27. The Hall–Kier alpha value is -3.06. The predicted molar refractivity (Wildman–Crippen MR) is 100 cm³/mol. The maximum absolute atomic E-state index is 12.1. The number of hydrogen-bond acceptors (Lipinski definition) is 6. The average molecular weight is 389 g/mol. The molecule has 1 amide bonds. The van der Waals surface area contributed by atoms with Crippen LogP contribution in [-0.2, 0) is 9.53 Å². The number of nitrogens with zero attached hydrogens (tertiary/aromatic N) is 1. The van der Waals surface area contributed by atoms with Gasteiger partial charge in [0.1, 0.15) is 22.7 Å². The van der Waals surface area contributed by atoms with Crippen LogP contribution in [0.5, 0.6) is 5.75 Å². The molecule has 1 N–H and O–H groups in total. The highest BCUT2D eigenvalue weighted by molar-refractivity contribution is 6.32. The number of aromatic nitrogens is 1. The minimum atomic E-state index is -0.463. The molecular formula is C19H17ClN2O5. The van der Waals surface area contributed by atoms with Gasteiger partial charge in [-0.05, 0) is 44.2 Å². The van der Waals surface area contributed by atoms with E-state index in [-0.39, 0.29) is 24.3 Å². The number of amides is 1. The summed E-state index contributed by atoms with van der Waals surface area (Å²) < 4.78 is 16.2. The van der Waals surface area contributed by atoms with E-state index in [1.165, 1.54) is 6.20 Å². The van der Waals surface area contributed by atoms with E-state index >= 15 is 0 Å². The minimum absolute atomic E-state index is 0.195. The van der Waals surface area contributed by atoms with Crippen molar-refractivity contribution in [2.75, 3.05) is 18.5 Å². The predicted octanol–water partition coefficient (Wildman–Crippen LogP) is 3.98. The Kier molecular flexibility index (Phi) is 5.61. The summed E-state index contributed by atoms with van der Waals surface area (Å²) >= 11 is 5.91. The molecule has 27 heavy (non-hydrogen) atoms. The molecule has 140 valence electrons. The molecule has 0 saturated heterocycles. The molecule has 2 heterocycles. The fraction of sp³-hybridized carbons (Fsp3) is 0.211. The summed E-state index contributed by atoms with van der Waals surface area (Å²) in [6.45, 7) is 3.45. The molecule has 0 spiro atoms. The number of nitrogens with one attached hydrogen (secondary N) is 1. The highest BCUT2D eigenvalue weighted by Gasteiger charge is 2.20. The molecule has 0 aliphatic carbocycles. The quantitative estimate of drug-likeness (QED) is 0.507. The average Bonchev–Trinajstić information content (AvgIpc) is 2.97. The van der Waals surface area contributed by atoms with Crippen LogP contribution in [0.15, 0.2) is 40.9 Å². The van der Waals surface area contributed by atoms with Gasteiger partial charge in [-0.15, -0.1) is 0 Å². The van der Waals surface area contributed by atoms with Crippen molar-refractivity contribution < 1.29 is 23.5 Å². The van der Waals surface area contributed by atoms with Crippen LogP contribution in [0.25, 0.3) is 11.0 Å². The van der Waals surface area contributed by atoms with Crippen molar-refractivity contribution in [3.05, 3.63) is 53.0 Å². The van der Waals surface area contributed by atoms with Crippen molar-refractivity contribution >= 4 is 40.1 Å². The lowest BCUT2D eigenvalue weighted by molar-refractivity contribution is -0.118. The lowest BCUT2D eigenvalue weighted by Gasteiger charge is -2.08. The zero-order valence-electron chi connectivity index (χ0n) is 14.7. The summed E-state index contributed by atoms with van der Waals surface area (Å²) in [5, 5.41) is 3.38. The fourth-order valence-corrected chi connectivity index (χ4v) is 2.73. The van der Waals surface area contributed by atoms with Crippen molar-refractivity contribution in [1.29, 1.82) is 0 Å². The smallest absolute Gasteiger partial charge is 0.342 e. The van der Waals surface area contributed by atoms with Gasteiger partial charge in [-0.1, -0.05) is 11.6 Å². The Morgan fingerprint density at radius 1 is 1.30 bits per heavy atom. The Labute approximate surface area is 160 Å². The number of fused-ring (bicyclic) bond motifs is 1. The van der Waals surface area contributed by atoms with E-state index in [4.69, 9.17) is 25.5 Å². The fourth-order valence-electron chi connectivity index (χ4n) is 2.56. The standard InChI is InChI=1S/C19H17ClN2O5/c1-3-25-19(24)17-11(2)27-15-7-6-12(9-13(15)17)26-10-16(23)22-14-5-4-8-21-18(14)20/h4-9H,3,10H2,1-2H3,(H,22,23). The monoisotopic (exact) mass is 388 g/mol. The molecule has 0 saturated carbocycles. The lowest BCUT2D eigenvalue weighted by Crippen LogP contribution is -2.20. The molecule has 0 bridgehead atoms. The van der Waals surface area contributed by atoms with Gasteiger partial charge >= 0.3 is 5.97 Å². The van der Waals surface area contributed by atoms with Crippen LogP contribution in [0, 0.1) is 6.92 Å². The number of halogens is 1. The summed E-state index contributed by atoms with van der Waals surface area (Å²) in [5.74, 6) is 0.0275. The van der Waals surface area contributed by atoms with Crippen LogP contribution in [0.1, 0.15) is 23.0 Å². The Morgan fingerprint density at radius 3 is 2.85 bits per heavy atom. The summed E-state index contributed by atoms with van der Waals surface area (Å²) in [4.78, 5) is 28.1. The molecule has 2 aromatic heterocycles. The van der Waals surface area contributed by atoms with E-state index in [0.29, 0.717) is 33.7 Å². The summed E-state index contributed by atoms with van der Waals surface area (Å²) in [5.41, 5.74) is 1.29. The van der Waals surface area contributed by atoms with Crippen molar-refractivity contribution in [2.45, 2.75) is 13.8 Å². The maximum Gasteiger partial charge on any atom is 0.342 e. The van der Waals surface area contributed by atoms with E-state index in [9.17, 15) is 9.59 Å². The number of ether oxygens (including phenoxy) is 2. The van der Waals surface area contributed by atoms with Gasteiger partial charge in [0.2, 0.25) is 0 Å². The Bertz CT molecular complexity index is 999. The van der Waals surface area contributed by atoms with E-state index in [1.54, 1.807) is 44.2 Å². The number of furan rings is 1. The van der Waals surface area contributed by atoms with Crippen LogP contribution < -0.4 is 10.1 Å². The van der Waals surface area contributed by atoms with Crippen molar-refractivity contribution in [1.82, 2.24) is 4.98 Å². The highest BCUT2D eigenvalue weighted by Crippen LogP contribution is 2.29. The second kappa shape index (κ2) is 8.09. The third-order valence-electron chi connectivity index (χ3n) is 3.72. The number of esters is 1. The zero-order chi connectivity index (χ0) is 19.4. The van der Waals surface area contributed by atoms with Gasteiger partial charge in [0.15, 0.2) is 11.8 Å². The van der Waals surface area contributed by atoms with Crippen LogP contribution in [0.3, 0.4) is 0 Å². The molecule has 0 radical (unpaired) electrons. The molecule has 0 aliphatic rings. The van der Waals surface area contributed by atoms with Crippen molar-refractivity contribution in [3.8, 4) is 5.75 Å². The third kappa shape index (κ3) is 4.20. The first kappa shape index (κ1) is 18.7. The molecule has 1 aromatic carbocycles. The molecule has 8 heteroatoms. The first-order valence-electron chi connectivity index (χ1n) is 8.23. The summed E-state index contributed by atoms with van der Waals surface area (Å²) in [7, 11) is 0. The molecule has 0 aliphatic heterocycles. The normalized spacial score (nSPS) is 10.6. The van der Waals surface area contributed by atoms with Gasteiger partial charge in [0.25, 0.3) is 5.91 Å². The molecule has 7 nitrogen and oxygen atoms in total. The topological polar surface area (TPSA) is 90.7 Å². The number of carbonyl (C=O) groups excluding carboxylic acids is 2. The van der Waals surface area contributed by atoms with Crippen LogP contribution in [-0.4, -0.2) is 30.1 Å². The Balaban J connectivity index is 1.73. The van der Waals surface area contributed by atoms with Gasteiger partial charge < -0.3 is 19.2 Å². The summed E-state index contributed by atoms with van der Waals surface area (Å²) in [6.07, 6.45) is 1.53. The van der Waals surface area contributed by atoms with Crippen LogP contribution in [0.4, 0.5) is 5.69 Å². The van der Waals surface area contributed by atoms with E-state index in [1.807, 2.05) is 0 Å². The van der Waals surface area contributed by atoms with Crippen molar-refractivity contribution in [3.63, 3.8) is 0 Å². The van der Waals surface area contributed by atoms with Gasteiger partial charge in [-0.25, -0.2) is 9.78 Å². The third-order valence-corrected chi connectivity index (χ3v) is 4.02. The maximum atomic E-state index is 12.1. The molecule has 0 fully saturated rings. The molecule has 0 unspecified atom stereocenters. The highest BCUT2D eigenvalue weighted by atomic mass is 35.5. The number of hydrogen-bond donors (Lipinski definition) is 1. The minimum Gasteiger partial charge on any atom is -0.484 e. The van der Waals surface area contributed by atoms with Gasteiger partial charge in [-0.2, -0.15) is 0 Å². The largest absolute Gasteiger partial charge is 0.484 e. The van der Waals surface area contributed by atoms with E-state index in [0.717, 1.165) is 0 Å². The van der Waals surface area contributed by atoms with Crippen LogP contribution in [0.2, 0.25) is 5.15 Å². The van der Waals surface area contributed by atoms with Gasteiger partial charge in [-0.3, -0.25) is 4.79 Å². The van der Waals surface area contributed by atoms with Gasteiger partial charge in [0, 0.05) is 11.6 Å². The van der Waals surface area contributed by atoms with Crippen LogP contribution >= 0.6 is 11.6 Å². The number of carbonyl (C=O) groups is 2. The van der Waals surface area contributed by atoms with Crippen molar-refractivity contribution in [2.24, 2.45) is 0 Å². The number of anilines is 1. The number of rotatable bonds is 6. The molecule has 3 rings (SSSR count). The SMILES string of the molecule is CCOC(=O)c1c(C)oc2ccc(OCC(=O)Nc3cccnc3Cl)cc12. The molecule has 3 aromatic rings. The second-order valence-electron chi connectivity index (χ2n) is 5.59. The number of benzene rings is 1.